The second-order valence-corrected chi connectivity index (χ2v) is 10.1. The number of aryl methyl sites for hydroxylation is 1. The number of hydrogen-bond acceptors (Lipinski definition) is 6. The minimum absolute atomic E-state index is 0.142. The molecule has 0 radical (unpaired) electrons. The molecular weight excluding hydrogens is 414 g/mol. The average Bonchev–Trinajstić information content (AvgIpc) is 3.20. The number of sulfone groups is 1. The standard InChI is InChI=1S/C22H25N5O3S/c1-16-24-21(26-25-16)19-7-5-17(6-8-19)14-23-22(28)20-4-2-3-18(13-20)15-27-9-11-31(29,30)12-10-27/h2-8,13H,9-12,14-15H2,1H3,(H,23,28)(H,24,25,26). The highest BCUT2D eigenvalue weighted by Gasteiger charge is 2.21. The summed E-state index contributed by atoms with van der Waals surface area (Å²) < 4.78 is 23.2. The molecule has 2 aromatic carbocycles. The van der Waals surface area contributed by atoms with Gasteiger partial charge in [-0.25, -0.2) is 13.4 Å². The van der Waals surface area contributed by atoms with Crippen LogP contribution in [0.1, 0.15) is 27.3 Å². The first kappa shape index (κ1) is 21.2. The summed E-state index contributed by atoms with van der Waals surface area (Å²) in [6.07, 6.45) is 0. The Morgan fingerprint density at radius 1 is 1.10 bits per heavy atom. The van der Waals surface area contributed by atoms with Crippen LogP contribution in [-0.2, 0) is 22.9 Å². The number of hydrogen-bond donors (Lipinski definition) is 2. The van der Waals surface area contributed by atoms with E-state index in [-0.39, 0.29) is 17.4 Å². The molecule has 31 heavy (non-hydrogen) atoms. The van der Waals surface area contributed by atoms with Crippen LogP contribution in [0.25, 0.3) is 11.4 Å². The summed E-state index contributed by atoms with van der Waals surface area (Å²) in [5.74, 6) is 1.66. The van der Waals surface area contributed by atoms with E-state index in [4.69, 9.17) is 0 Å². The second kappa shape index (κ2) is 8.99. The molecule has 2 heterocycles. The maximum absolute atomic E-state index is 12.6. The van der Waals surface area contributed by atoms with Crippen molar-refractivity contribution < 1.29 is 13.2 Å². The Morgan fingerprint density at radius 3 is 2.52 bits per heavy atom. The lowest BCUT2D eigenvalue weighted by Gasteiger charge is -2.26. The summed E-state index contributed by atoms with van der Waals surface area (Å²) in [6.45, 7) is 3.97. The molecular formula is C22H25N5O3S. The second-order valence-electron chi connectivity index (χ2n) is 7.75. The number of amides is 1. The summed E-state index contributed by atoms with van der Waals surface area (Å²) >= 11 is 0. The lowest BCUT2D eigenvalue weighted by molar-refractivity contribution is 0.0950. The van der Waals surface area contributed by atoms with Crippen LogP contribution in [-0.4, -0.2) is 59.0 Å². The summed E-state index contributed by atoms with van der Waals surface area (Å²) in [6, 6.07) is 15.2. The number of nitrogens with one attached hydrogen (secondary N) is 2. The Bertz CT molecular complexity index is 1160. The topological polar surface area (TPSA) is 108 Å². The molecule has 0 unspecified atom stereocenters. The van der Waals surface area contributed by atoms with Crippen molar-refractivity contribution in [2.75, 3.05) is 24.6 Å². The van der Waals surface area contributed by atoms with Crippen molar-refractivity contribution in [3.63, 3.8) is 0 Å². The van der Waals surface area contributed by atoms with Gasteiger partial charge in [0, 0.05) is 37.3 Å². The monoisotopic (exact) mass is 439 g/mol. The molecule has 0 bridgehead atoms. The molecule has 3 aromatic rings. The quantitative estimate of drug-likeness (QED) is 0.608. The number of nitrogens with zero attached hydrogens (tertiary/aromatic N) is 3. The van der Waals surface area contributed by atoms with E-state index >= 15 is 0 Å². The molecule has 9 heteroatoms. The van der Waals surface area contributed by atoms with Gasteiger partial charge in [0.05, 0.1) is 11.5 Å². The zero-order valence-electron chi connectivity index (χ0n) is 17.3. The van der Waals surface area contributed by atoms with E-state index in [1.165, 1.54) is 0 Å². The highest BCUT2D eigenvalue weighted by atomic mass is 32.2. The first-order chi connectivity index (χ1) is 14.9. The third-order valence-corrected chi connectivity index (χ3v) is 6.90. The van der Waals surface area contributed by atoms with Crippen LogP contribution >= 0.6 is 0 Å². The van der Waals surface area contributed by atoms with Gasteiger partial charge in [-0.2, -0.15) is 5.10 Å². The van der Waals surface area contributed by atoms with Crippen molar-refractivity contribution in [2.45, 2.75) is 20.0 Å². The summed E-state index contributed by atoms with van der Waals surface area (Å²) in [5.41, 5.74) is 3.49. The lowest BCUT2D eigenvalue weighted by atomic mass is 10.1. The van der Waals surface area contributed by atoms with Crippen LogP contribution in [0.4, 0.5) is 0 Å². The molecule has 0 atom stereocenters. The molecule has 0 saturated carbocycles. The predicted molar refractivity (Wildman–Crippen MR) is 118 cm³/mol. The molecule has 1 aliphatic heterocycles. The summed E-state index contributed by atoms with van der Waals surface area (Å²) in [7, 11) is -2.90. The van der Waals surface area contributed by atoms with Gasteiger partial charge in [-0.05, 0) is 30.2 Å². The van der Waals surface area contributed by atoms with Gasteiger partial charge >= 0.3 is 0 Å². The smallest absolute Gasteiger partial charge is 0.251 e. The van der Waals surface area contributed by atoms with Crippen LogP contribution in [0.5, 0.6) is 0 Å². The fraction of sp³-hybridized carbons (Fsp3) is 0.318. The lowest BCUT2D eigenvalue weighted by Crippen LogP contribution is -2.39. The van der Waals surface area contributed by atoms with Gasteiger partial charge in [-0.1, -0.05) is 36.4 Å². The Labute approximate surface area is 181 Å². The number of aromatic nitrogens is 3. The maximum Gasteiger partial charge on any atom is 0.251 e. The fourth-order valence-electron chi connectivity index (χ4n) is 3.51. The van der Waals surface area contributed by atoms with E-state index < -0.39 is 9.84 Å². The third kappa shape index (κ3) is 5.56. The third-order valence-electron chi connectivity index (χ3n) is 5.29. The van der Waals surface area contributed by atoms with E-state index in [0.717, 1.165) is 22.5 Å². The van der Waals surface area contributed by atoms with E-state index in [2.05, 4.69) is 25.4 Å². The van der Waals surface area contributed by atoms with Gasteiger partial charge in [0.2, 0.25) is 0 Å². The SMILES string of the molecule is Cc1nc(-c2ccc(CNC(=O)c3cccc(CN4CCS(=O)(=O)CC4)c3)cc2)n[nH]1. The largest absolute Gasteiger partial charge is 0.348 e. The van der Waals surface area contributed by atoms with Crippen molar-refractivity contribution in [1.82, 2.24) is 25.4 Å². The molecule has 0 aliphatic carbocycles. The molecule has 0 spiro atoms. The van der Waals surface area contributed by atoms with E-state index in [9.17, 15) is 13.2 Å². The van der Waals surface area contributed by atoms with Crippen LogP contribution in [0.3, 0.4) is 0 Å². The van der Waals surface area contributed by atoms with Crippen molar-refractivity contribution in [2.24, 2.45) is 0 Å². The minimum Gasteiger partial charge on any atom is -0.348 e. The van der Waals surface area contributed by atoms with Gasteiger partial charge in [-0.3, -0.25) is 14.8 Å². The molecule has 1 fully saturated rings. The molecule has 1 saturated heterocycles. The number of carbonyl (C=O) groups excluding carboxylic acids is 1. The van der Waals surface area contributed by atoms with Gasteiger partial charge in [0.25, 0.3) is 5.91 Å². The molecule has 1 amide bonds. The Morgan fingerprint density at radius 2 is 1.84 bits per heavy atom. The normalized spacial score (nSPS) is 16.2. The van der Waals surface area contributed by atoms with Crippen molar-refractivity contribution in [3.05, 3.63) is 71.0 Å². The zero-order chi connectivity index (χ0) is 21.8. The number of benzene rings is 2. The van der Waals surface area contributed by atoms with Crippen molar-refractivity contribution in [3.8, 4) is 11.4 Å². The summed E-state index contributed by atoms with van der Waals surface area (Å²) in [4.78, 5) is 19.0. The molecule has 1 aliphatic rings. The van der Waals surface area contributed by atoms with Crippen molar-refractivity contribution in [1.29, 1.82) is 0 Å². The van der Waals surface area contributed by atoms with Crippen molar-refractivity contribution >= 4 is 15.7 Å². The van der Waals surface area contributed by atoms with E-state index in [0.29, 0.717) is 37.6 Å². The average molecular weight is 440 g/mol. The molecule has 2 N–H and O–H groups in total. The number of aromatic amines is 1. The number of carbonyl (C=O) groups is 1. The molecule has 4 rings (SSSR count). The van der Waals surface area contributed by atoms with Gasteiger partial charge in [0.1, 0.15) is 5.82 Å². The Hall–Kier alpha value is -3.04. The predicted octanol–water partition coefficient (Wildman–Crippen LogP) is 1.94. The van der Waals surface area contributed by atoms with Crippen LogP contribution < -0.4 is 5.32 Å². The number of H-pyrrole nitrogens is 1. The van der Waals surface area contributed by atoms with Gasteiger partial charge < -0.3 is 5.32 Å². The van der Waals surface area contributed by atoms with E-state index in [1.54, 1.807) is 6.07 Å². The first-order valence-electron chi connectivity index (χ1n) is 10.2. The fourth-order valence-corrected chi connectivity index (χ4v) is 4.78. The molecule has 8 nitrogen and oxygen atoms in total. The van der Waals surface area contributed by atoms with Crippen LogP contribution in [0.2, 0.25) is 0 Å². The van der Waals surface area contributed by atoms with Gasteiger partial charge in [-0.15, -0.1) is 0 Å². The van der Waals surface area contributed by atoms with Gasteiger partial charge in [0.15, 0.2) is 15.7 Å². The van der Waals surface area contributed by atoms with Crippen LogP contribution in [0, 0.1) is 6.92 Å². The highest BCUT2D eigenvalue weighted by Crippen LogP contribution is 2.16. The summed E-state index contributed by atoms with van der Waals surface area (Å²) in [5, 5.41) is 9.92. The maximum atomic E-state index is 12.6. The number of rotatable bonds is 6. The van der Waals surface area contributed by atoms with Crippen LogP contribution in [0.15, 0.2) is 48.5 Å². The highest BCUT2D eigenvalue weighted by molar-refractivity contribution is 7.91. The first-order valence-corrected chi connectivity index (χ1v) is 12.0. The Balaban J connectivity index is 1.33. The Kier molecular flexibility index (Phi) is 6.15. The van der Waals surface area contributed by atoms with E-state index in [1.807, 2.05) is 49.4 Å². The molecule has 162 valence electrons. The zero-order valence-corrected chi connectivity index (χ0v) is 18.2. The molecule has 1 aromatic heterocycles. The minimum atomic E-state index is -2.90.